The molecule has 0 fully saturated rings. The Bertz CT molecular complexity index is 582. The fraction of sp³-hybridized carbons (Fsp3) is 0.286. The summed E-state index contributed by atoms with van der Waals surface area (Å²) in [5.41, 5.74) is 3.61. The molecule has 2 rings (SSSR count). The second-order valence-electron chi connectivity index (χ2n) is 4.11. The van der Waals surface area contributed by atoms with Crippen LogP contribution in [0.5, 0.6) is 0 Å². The highest BCUT2D eigenvalue weighted by molar-refractivity contribution is 5.94. The second kappa shape index (κ2) is 4.84. The molecule has 17 heavy (non-hydrogen) atoms. The van der Waals surface area contributed by atoms with Crippen LogP contribution in [0.25, 0.3) is 10.9 Å². The van der Waals surface area contributed by atoms with Crippen molar-refractivity contribution >= 4 is 16.6 Å². The third-order valence-corrected chi connectivity index (χ3v) is 2.70. The third-order valence-electron chi connectivity index (χ3n) is 2.70. The molecule has 0 amide bonds. The van der Waals surface area contributed by atoms with E-state index in [0.717, 1.165) is 29.6 Å². The van der Waals surface area contributed by atoms with Crippen molar-refractivity contribution in [1.29, 1.82) is 5.26 Å². The van der Waals surface area contributed by atoms with Crippen LogP contribution in [0.15, 0.2) is 24.4 Å². The van der Waals surface area contributed by atoms with Crippen LogP contribution < -0.4 is 5.32 Å². The van der Waals surface area contributed by atoms with Crippen LogP contribution in [-0.2, 0) is 0 Å². The lowest BCUT2D eigenvalue weighted by molar-refractivity contribution is 0.980. The van der Waals surface area contributed by atoms with Gasteiger partial charge < -0.3 is 5.32 Å². The number of fused-ring (bicyclic) bond motifs is 1. The van der Waals surface area contributed by atoms with E-state index in [0.29, 0.717) is 5.56 Å². The Balaban J connectivity index is 2.64. The minimum Gasteiger partial charge on any atom is -0.383 e. The van der Waals surface area contributed by atoms with Crippen LogP contribution in [0.4, 0.5) is 5.69 Å². The highest BCUT2D eigenvalue weighted by Gasteiger charge is 2.07. The Morgan fingerprint density at radius 3 is 2.94 bits per heavy atom. The number of nitrogens with one attached hydrogen (secondary N) is 1. The van der Waals surface area contributed by atoms with E-state index in [4.69, 9.17) is 5.26 Å². The number of hydrogen-bond donors (Lipinski definition) is 1. The van der Waals surface area contributed by atoms with Gasteiger partial charge in [0.05, 0.1) is 16.8 Å². The van der Waals surface area contributed by atoms with Crippen LogP contribution in [-0.4, -0.2) is 11.5 Å². The van der Waals surface area contributed by atoms with Gasteiger partial charge in [-0.25, -0.2) is 0 Å². The summed E-state index contributed by atoms with van der Waals surface area (Å²) in [6.45, 7) is 5.01. The predicted molar refractivity (Wildman–Crippen MR) is 70.0 cm³/mol. The number of benzene rings is 1. The van der Waals surface area contributed by atoms with Crippen molar-refractivity contribution in [3.05, 3.63) is 35.5 Å². The lowest BCUT2D eigenvalue weighted by atomic mass is 10.1. The van der Waals surface area contributed by atoms with Gasteiger partial charge in [0.1, 0.15) is 6.07 Å². The third kappa shape index (κ3) is 2.21. The molecule has 86 valence electrons. The van der Waals surface area contributed by atoms with Gasteiger partial charge in [-0.1, -0.05) is 18.6 Å². The number of hydrogen-bond acceptors (Lipinski definition) is 3. The maximum absolute atomic E-state index is 9.12. The van der Waals surface area contributed by atoms with Crippen LogP contribution >= 0.6 is 0 Å². The zero-order valence-electron chi connectivity index (χ0n) is 10.1. The van der Waals surface area contributed by atoms with Gasteiger partial charge in [-0.2, -0.15) is 5.26 Å². The van der Waals surface area contributed by atoms with E-state index in [2.05, 4.69) is 29.4 Å². The first kappa shape index (κ1) is 11.4. The highest BCUT2D eigenvalue weighted by atomic mass is 14.9. The summed E-state index contributed by atoms with van der Waals surface area (Å²) >= 11 is 0. The SMILES string of the molecule is CCCNc1c(C#N)cnc2ccc(C)cc12. The first-order valence-electron chi connectivity index (χ1n) is 5.79. The molecule has 3 heteroatoms. The molecule has 0 aliphatic heterocycles. The van der Waals surface area contributed by atoms with Crippen LogP contribution in [0.1, 0.15) is 24.5 Å². The maximum atomic E-state index is 9.12. The maximum Gasteiger partial charge on any atom is 0.103 e. The molecule has 2 aromatic rings. The average molecular weight is 225 g/mol. The monoisotopic (exact) mass is 225 g/mol. The molecular weight excluding hydrogens is 210 g/mol. The summed E-state index contributed by atoms with van der Waals surface area (Å²) < 4.78 is 0. The van der Waals surface area contributed by atoms with Gasteiger partial charge in [-0.3, -0.25) is 4.98 Å². The molecule has 1 heterocycles. The van der Waals surface area contributed by atoms with Gasteiger partial charge in [0.2, 0.25) is 0 Å². The normalized spacial score (nSPS) is 10.2. The minimum absolute atomic E-state index is 0.608. The molecule has 1 aromatic carbocycles. The van der Waals surface area contributed by atoms with Crippen molar-refractivity contribution in [2.24, 2.45) is 0 Å². The first-order chi connectivity index (χ1) is 8.26. The molecule has 0 saturated carbocycles. The molecule has 0 saturated heterocycles. The average Bonchev–Trinajstić information content (AvgIpc) is 2.35. The van der Waals surface area contributed by atoms with Crippen molar-refractivity contribution in [3.63, 3.8) is 0 Å². The Hall–Kier alpha value is -2.08. The van der Waals surface area contributed by atoms with E-state index < -0.39 is 0 Å². The molecule has 0 unspecified atom stereocenters. The zero-order valence-corrected chi connectivity index (χ0v) is 10.1. The summed E-state index contributed by atoms with van der Waals surface area (Å²) in [6, 6.07) is 8.28. The summed E-state index contributed by atoms with van der Waals surface area (Å²) in [5.74, 6) is 0. The molecule has 3 nitrogen and oxygen atoms in total. The number of pyridine rings is 1. The van der Waals surface area contributed by atoms with Crippen molar-refractivity contribution in [2.45, 2.75) is 20.3 Å². The molecule has 0 bridgehead atoms. The molecule has 0 spiro atoms. The van der Waals surface area contributed by atoms with Crippen LogP contribution in [0.2, 0.25) is 0 Å². The Morgan fingerprint density at radius 2 is 2.24 bits per heavy atom. The predicted octanol–water partition coefficient (Wildman–Crippen LogP) is 3.24. The molecule has 0 radical (unpaired) electrons. The fourth-order valence-corrected chi connectivity index (χ4v) is 1.83. The number of nitriles is 1. The molecule has 1 N–H and O–H groups in total. The Kier molecular flexibility index (Phi) is 3.24. The van der Waals surface area contributed by atoms with Crippen molar-refractivity contribution in [1.82, 2.24) is 4.98 Å². The van der Waals surface area contributed by atoms with Gasteiger partial charge in [-0.15, -0.1) is 0 Å². The molecular formula is C14H15N3. The quantitative estimate of drug-likeness (QED) is 0.872. The largest absolute Gasteiger partial charge is 0.383 e. The van der Waals surface area contributed by atoms with Gasteiger partial charge in [0, 0.05) is 18.1 Å². The van der Waals surface area contributed by atoms with E-state index >= 15 is 0 Å². The lowest BCUT2D eigenvalue weighted by Crippen LogP contribution is -2.03. The number of aryl methyl sites for hydroxylation is 1. The van der Waals surface area contributed by atoms with Gasteiger partial charge in [-0.05, 0) is 25.5 Å². The van der Waals surface area contributed by atoms with Gasteiger partial charge in [0.15, 0.2) is 0 Å². The van der Waals surface area contributed by atoms with Crippen molar-refractivity contribution < 1.29 is 0 Å². The summed E-state index contributed by atoms with van der Waals surface area (Å²) in [6.07, 6.45) is 2.66. The first-order valence-corrected chi connectivity index (χ1v) is 5.79. The number of anilines is 1. The van der Waals surface area contributed by atoms with E-state index in [1.807, 2.05) is 19.1 Å². The molecule has 1 aromatic heterocycles. The molecule has 0 atom stereocenters. The van der Waals surface area contributed by atoms with E-state index in [1.165, 1.54) is 5.56 Å². The summed E-state index contributed by atoms with van der Waals surface area (Å²) in [5, 5.41) is 13.5. The standard InChI is InChI=1S/C14H15N3/c1-3-6-16-14-11(8-15)9-17-13-5-4-10(2)7-12(13)14/h4-5,7,9H,3,6H2,1-2H3,(H,16,17). The minimum atomic E-state index is 0.608. The Labute approximate surface area is 101 Å². The van der Waals surface area contributed by atoms with Crippen molar-refractivity contribution in [2.75, 3.05) is 11.9 Å². The number of rotatable bonds is 3. The second-order valence-corrected chi connectivity index (χ2v) is 4.11. The van der Waals surface area contributed by atoms with Crippen LogP contribution in [0, 0.1) is 18.3 Å². The fourth-order valence-electron chi connectivity index (χ4n) is 1.83. The van der Waals surface area contributed by atoms with E-state index in [-0.39, 0.29) is 0 Å². The highest BCUT2D eigenvalue weighted by Crippen LogP contribution is 2.26. The summed E-state index contributed by atoms with van der Waals surface area (Å²) in [7, 11) is 0. The topological polar surface area (TPSA) is 48.7 Å². The zero-order chi connectivity index (χ0) is 12.3. The van der Waals surface area contributed by atoms with E-state index in [9.17, 15) is 0 Å². The lowest BCUT2D eigenvalue weighted by Gasteiger charge is -2.10. The molecule has 0 aliphatic rings. The number of nitrogens with zero attached hydrogens (tertiary/aromatic N) is 2. The van der Waals surface area contributed by atoms with Gasteiger partial charge in [0.25, 0.3) is 0 Å². The smallest absolute Gasteiger partial charge is 0.103 e. The summed E-state index contributed by atoms with van der Waals surface area (Å²) in [4.78, 5) is 4.30. The van der Waals surface area contributed by atoms with E-state index in [1.54, 1.807) is 6.20 Å². The van der Waals surface area contributed by atoms with Crippen LogP contribution in [0.3, 0.4) is 0 Å². The van der Waals surface area contributed by atoms with Crippen molar-refractivity contribution in [3.8, 4) is 6.07 Å². The molecule has 0 aliphatic carbocycles. The number of aromatic nitrogens is 1. The van der Waals surface area contributed by atoms with Gasteiger partial charge >= 0.3 is 0 Å². The Morgan fingerprint density at radius 1 is 1.41 bits per heavy atom.